The second-order valence-corrected chi connectivity index (χ2v) is 6.79. The van der Waals surface area contributed by atoms with Crippen molar-refractivity contribution in [1.82, 2.24) is 10.7 Å². The van der Waals surface area contributed by atoms with Crippen LogP contribution in [0.4, 0.5) is 0 Å². The van der Waals surface area contributed by atoms with Gasteiger partial charge in [0.05, 0.1) is 12.8 Å². The Labute approximate surface area is 152 Å². The number of aryl methyl sites for hydroxylation is 1. The fraction of sp³-hybridized carbons (Fsp3) is 0.316. The summed E-state index contributed by atoms with van der Waals surface area (Å²) in [6.07, 6.45) is 2.32. The predicted octanol–water partition coefficient (Wildman–Crippen LogP) is 2.92. The Morgan fingerprint density at radius 3 is 2.60 bits per heavy atom. The van der Waals surface area contributed by atoms with Gasteiger partial charge in [-0.05, 0) is 36.8 Å². The molecule has 1 aromatic carbocycles. The molecule has 1 heterocycles. The quantitative estimate of drug-likeness (QED) is 0.411. The van der Waals surface area contributed by atoms with Crippen LogP contribution in [0.25, 0.3) is 0 Å². The molecule has 0 radical (unpaired) electrons. The standard InChI is InChI=1S/C19H23N3O2S/c1-15(21-22-19(24)14-17-10-6-12-25-17)13-18(23)20-11-5-9-16-7-3-2-4-8-16/h2-4,6-8,10,12H,5,9,11,13-14H2,1H3,(H,20,23)(H,22,24)/b21-15+. The zero-order chi connectivity index (χ0) is 17.9. The van der Waals surface area contributed by atoms with Gasteiger partial charge in [0.1, 0.15) is 0 Å². The maximum atomic E-state index is 11.9. The molecule has 5 nitrogen and oxygen atoms in total. The highest BCUT2D eigenvalue weighted by molar-refractivity contribution is 7.10. The first-order valence-electron chi connectivity index (χ1n) is 8.28. The SMILES string of the molecule is C/C(CC(=O)NCCCc1ccccc1)=N\NC(=O)Cc1cccs1. The molecule has 0 atom stereocenters. The van der Waals surface area contributed by atoms with E-state index in [1.807, 2.05) is 35.7 Å². The molecule has 132 valence electrons. The van der Waals surface area contributed by atoms with Crippen LogP contribution in [0.1, 0.15) is 30.2 Å². The molecule has 0 aliphatic carbocycles. The number of rotatable bonds is 9. The van der Waals surface area contributed by atoms with Crippen LogP contribution in [0.15, 0.2) is 52.9 Å². The third-order valence-electron chi connectivity index (χ3n) is 3.51. The summed E-state index contributed by atoms with van der Waals surface area (Å²) in [4.78, 5) is 24.6. The summed E-state index contributed by atoms with van der Waals surface area (Å²) in [7, 11) is 0. The van der Waals surface area contributed by atoms with E-state index >= 15 is 0 Å². The summed E-state index contributed by atoms with van der Waals surface area (Å²) in [6, 6.07) is 14.0. The smallest absolute Gasteiger partial charge is 0.245 e. The van der Waals surface area contributed by atoms with Crippen LogP contribution in [0.5, 0.6) is 0 Å². The molecular formula is C19H23N3O2S. The van der Waals surface area contributed by atoms with Gasteiger partial charge in [-0.25, -0.2) is 5.43 Å². The highest BCUT2D eigenvalue weighted by atomic mass is 32.1. The van der Waals surface area contributed by atoms with E-state index in [0.717, 1.165) is 17.7 Å². The molecule has 6 heteroatoms. The van der Waals surface area contributed by atoms with E-state index in [9.17, 15) is 9.59 Å². The minimum absolute atomic E-state index is 0.0817. The number of nitrogens with one attached hydrogen (secondary N) is 2. The van der Waals surface area contributed by atoms with Gasteiger partial charge in [0.15, 0.2) is 0 Å². The molecule has 2 amide bonds. The molecule has 0 fully saturated rings. The fourth-order valence-electron chi connectivity index (χ4n) is 2.27. The minimum Gasteiger partial charge on any atom is -0.356 e. The monoisotopic (exact) mass is 357 g/mol. The van der Waals surface area contributed by atoms with Gasteiger partial charge in [0, 0.05) is 17.1 Å². The van der Waals surface area contributed by atoms with Crippen LogP contribution in [0.3, 0.4) is 0 Å². The summed E-state index contributed by atoms with van der Waals surface area (Å²) in [5.74, 6) is -0.258. The van der Waals surface area contributed by atoms with Crippen LogP contribution in [0, 0.1) is 0 Å². The van der Waals surface area contributed by atoms with Gasteiger partial charge < -0.3 is 5.32 Å². The van der Waals surface area contributed by atoms with Gasteiger partial charge in [-0.15, -0.1) is 11.3 Å². The average molecular weight is 357 g/mol. The normalized spacial score (nSPS) is 11.2. The van der Waals surface area contributed by atoms with Crippen LogP contribution in [0.2, 0.25) is 0 Å². The second kappa shape index (κ2) is 10.4. The number of benzene rings is 1. The first kappa shape index (κ1) is 18.9. The number of thiophene rings is 1. The van der Waals surface area contributed by atoms with Crippen LogP contribution >= 0.6 is 11.3 Å². The molecule has 2 N–H and O–H groups in total. The molecule has 2 aromatic rings. The van der Waals surface area contributed by atoms with Crippen LogP contribution in [-0.4, -0.2) is 24.1 Å². The summed E-state index contributed by atoms with van der Waals surface area (Å²) < 4.78 is 0. The Bertz CT molecular complexity index is 697. The Kier molecular flexibility index (Phi) is 7.85. The summed E-state index contributed by atoms with van der Waals surface area (Å²) in [5, 5.41) is 8.79. The van der Waals surface area contributed by atoms with E-state index in [2.05, 4.69) is 28.0 Å². The fourth-order valence-corrected chi connectivity index (χ4v) is 2.97. The molecule has 0 saturated heterocycles. The Morgan fingerprint density at radius 2 is 1.88 bits per heavy atom. The van der Waals surface area contributed by atoms with E-state index in [4.69, 9.17) is 0 Å². The van der Waals surface area contributed by atoms with Crippen molar-refractivity contribution >= 4 is 28.9 Å². The van der Waals surface area contributed by atoms with Gasteiger partial charge in [-0.1, -0.05) is 36.4 Å². The van der Waals surface area contributed by atoms with Gasteiger partial charge in [-0.2, -0.15) is 5.10 Å². The Balaban J connectivity index is 1.61. The number of hydrogen-bond acceptors (Lipinski definition) is 4. The van der Waals surface area contributed by atoms with Crippen molar-refractivity contribution in [2.24, 2.45) is 5.10 Å². The van der Waals surface area contributed by atoms with Crippen molar-refractivity contribution in [2.75, 3.05) is 6.54 Å². The van der Waals surface area contributed by atoms with E-state index in [-0.39, 0.29) is 18.2 Å². The van der Waals surface area contributed by atoms with Crippen molar-refractivity contribution in [2.45, 2.75) is 32.6 Å². The first-order valence-corrected chi connectivity index (χ1v) is 9.16. The first-order chi connectivity index (χ1) is 12.1. The van der Waals surface area contributed by atoms with Crippen molar-refractivity contribution in [1.29, 1.82) is 0 Å². The third-order valence-corrected chi connectivity index (χ3v) is 4.39. The zero-order valence-corrected chi connectivity index (χ0v) is 15.1. The molecular weight excluding hydrogens is 334 g/mol. The number of nitrogens with zero attached hydrogens (tertiary/aromatic N) is 1. The average Bonchev–Trinajstić information content (AvgIpc) is 3.11. The molecule has 1 aromatic heterocycles. The number of amides is 2. The largest absolute Gasteiger partial charge is 0.356 e. The summed E-state index contributed by atoms with van der Waals surface area (Å²) in [5.41, 5.74) is 4.34. The van der Waals surface area contributed by atoms with Gasteiger partial charge in [0.25, 0.3) is 0 Å². The number of hydrazone groups is 1. The molecule has 0 spiro atoms. The lowest BCUT2D eigenvalue weighted by atomic mass is 10.1. The zero-order valence-electron chi connectivity index (χ0n) is 14.3. The predicted molar refractivity (Wildman–Crippen MR) is 102 cm³/mol. The lowest BCUT2D eigenvalue weighted by Crippen LogP contribution is -2.27. The van der Waals surface area contributed by atoms with Gasteiger partial charge >= 0.3 is 0 Å². The molecule has 2 rings (SSSR count). The van der Waals surface area contributed by atoms with E-state index in [1.54, 1.807) is 6.92 Å². The maximum Gasteiger partial charge on any atom is 0.245 e. The summed E-state index contributed by atoms with van der Waals surface area (Å²) >= 11 is 1.53. The molecule has 0 unspecified atom stereocenters. The van der Waals surface area contributed by atoms with Crippen molar-refractivity contribution in [3.8, 4) is 0 Å². The van der Waals surface area contributed by atoms with Crippen molar-refractivity contribution in [3.05, 3.63) is 58.3 Å². The topological polar surface area (TPSA) is 70.6 Å². The van der Waals surface area contributed by atoms with Crippen molar-refractivity contribution in [3.63, 3.8) is 0 Å². The Morgan fingerprint density at radius 1 is 1.08 bits per heavy atom. The molecule has 0 aliphatic rings. The minimum atomic E-state index is -0.176. The highest BCUT2D eigenvalue weighted by Gasteiger charge is 2.06. The maximum absolute atomic E-state index is 11.9. The van der Waals surface area contributed by atoms with E-state index in [0.29, 0.717) is 18.7 Å². The van der Waals surface area contributed by atoms with Crippen LogP contribution in [-0.2, 0) is 22.4 Å². The molecule has 0 saturated carbocycles. The third kappa shape index (κ3) is 7.76. The number of hydrogen-bond donors (Lipinski definition) is 2. The van der Waals surface area contributed by atoms with E-state index < -0.39 is 0 Å². The highest BCUT2D eigenvalue weighted by Crippen LogP contribution is 2.08. The van der Waals surface area contributed by atoms with Gasteiger partial charge in [-0.3, -0.25) is 9.59 Å². The Hall–Kier alpha value is -2.47. The molecule has 25 heavy (non-hydrogen) atoms. The lowest BCUT2D eigenvalue weighted by molar-refractivity contribution is -0.121. The van der Waals surface area contributed by atoms with E-state index in [1.165, 1.54) is 16.9 Å². The molecule has 0 bridgehead atoms. The number of carbonyl (C=O) groups is 2. The molecule has 0 aliphatic heterocycles. The van der Waals surface area contributed by atoms with Crippen molar-refractivity contribution < 1.29 is 9.59 Å². The lowest BCUT2D eigenvalue weighted by Gasteiger charge is -2.06. The number of carbonyl (C=O) groups excluding carboxylic acids is 2. The van der Waals surface area contributed by atoms with Gasteiger partial charge in [0.2, 0.25) is 11.8 Å². The summed E-state index contributed by atoms with van der Waals surface area (Å²) in [6.45, 7) is 2.36. The van der Waals surface area contributed by atoms with Crippen LogP contribution < -0.4 is 10.7 Å². The second-order valence-electron chi connectivity index (χ2n) is 5.75.